The van der Waals surface area contributed by atoms with Gasteiger partial charge in [0.05, 0.1) is 18.6 Å². The zero-order chi connectivity index (χ0) is 23.9. The van der Waals surface area contributed by atoms with E-state index in [0.717, 1.165) is 0 Å². The lowest BCUT2D eigenvalue weighted by Gasteiger charge is -2.28. The van der Waals surface area contributed by atoms with Crippen LogP contribution in [-0.2, 0) is 25.5 Å². The third kappa shape index (κ3) is 6.51. The van der Waals surface area contributed by atoms with Gasteiger partial charge in [-0.3, -0.25) is 9.59 Å². The van der Waals surface area contributed by atoms with Crippen molar-refractivity contribution in [2.24, 2.45) is 5.41 Å². The van der Waals surface area contributed by atoms with E-state index in [9.17, 15) is 29.0 Å². The van der Waals surface area contributed by atoms with Crippen LogP contribution in [0.25, 0.3) is 11.1 Å². The van der Waals surface area contributed by atoms with E-state index in [0.29, 0.717) is 21.7 Å². The first-order chi connectivity index (χ1) is 15.1. The minimum atomic E-state index is -1.53. The molecule has 0 fully saturated rings. The Labute approximate surface area is 190 Å². The number of hydrogen-bond acceptors (Lipinski definition) is 5. The third-order valence-electron chi connectivity index (χ3n) is 5.03. The van der Waals surface area contributed by atoms with Crippen LogP contribution in [0.1, 0.15) is 25.8 Å². The number of aliphatic hydroxyl groups excluding tert-OH is 1. The minimum absolute atomic E-state index is 0.0158. The van der Waals surface area contributed by atoms with Gasteiger partial charge in [-0.1, -0.05) is 35.9 Å². The Bertz CT molecular complexity index is 981. The van der Waals surface area contributed by atoms with Crippen LogP contribution < -0.4 is 5.32 Å². The predicted octanol–water partition coefficient (Wildman–Crippen LogP) is 3.21. The van der Waals surface area contributed by atoms with Crippen molar-refractivity contribution in [3.05, 3.63) is 58.9 Å². The van der Waals surface area contributed by atoms with Crippen molar-refractivity contribution in [2.45, 2.75) is 32.7 Å². The molecular formula is C23H25ClFNO6. The first-order valence-electron chi connectivity index (χ1n) is 9.96. The summed E-state index contributed by atoms with van der Waals surface area (Å²) in [6.07, 6.45) is 0.0426. The summed E-state index contributed by atoms with van der Waals surface area (Å²) in [5, 5.41) is 21.9. The standard InChI is InChI=1S/C23H25ClFNO6/c1-3-32-21(29)20(28)26-17(12-23(2,13-27)22(30)31)10-14-4-6-15(7-5-14)18-11-16(24)8-9-19(18)25/h4-9,11,17,27H,3,10,12-13H2,1-2H3,(H,26,28)(H,30,31)/t17-,23+/m1/s1. The van der Waals surface area contributed by atoms with Gasteiger partial charge in [-0.05, 0) is 56.0 Å². The molecule has 2 rings (SSSR count). The fourth-order valence-electron chi connectivity index (χ4n) is 3.20. The Hall–Kier alpha value is -2.97. The van der Waals surface area contributed by atoms with Crippen LogP contribution in [-0.4, -0.2) is 47.3 Å². The number of carbonyl (C=O) groups excluding carboxylic acids is 2. The predicted molar refractivity (Wildman–Crippen MR) is 117 cm³/mol. The molecule has 172 valence electrons. The van der Waals surface area contributed by atoms with Gasteiger partial charge in [0.25, 0.3) is 0 Å². The van der Waals surface area contributed by atoms with Gasteiger partial charge in [0.15, 0.2) is 0 Å². The Morgan fingerprint density at radius 3 is 2.41 bits per heavy atom. The van der Waals surface area contributed by atoms with Crippen molar-refractivity contribution in [2.75, 3.05) is 13.2 Å². The maximum absolute atomic E-state index is 14.1. The number of nitrogens with one attached hydrogen (secondary N) is 1. The van der Waals surface area contributed by atoms with Crippen LogP contribution in [0.15, 0.2) is 42.5 Å². The Balaban J connectivity index is 2.25. The fourth-order valence-corrected chi connectivity index (χ4v) is 3.37. The number of carbonyl (C=O) groups is 3. The molecule has 1 amide bonds. The summed E-state index contributed by atoms with van der Waals surface area (Å²) < 4.78 is 18.8. The van der Waals surface area contributed by atoms with Crippen LogP contribution >= 0.6 is 11.6 Å². The molecular weight excluding hydrogens is 441 g/mol. The first-order valence-corrected chi connectivity index (χ1v) is 10.3. The number of aliphatic hydroxyl groups is 1. The summed E-state index contributed by atoms with van der Waals surface area (Å²) in [5.74, 6) is -3.74. The summed E-state index contributed by atoms with van der Waals surface area (Å²) in [5.41, 5.74) is 0.0915. The number of amides is 1. The lowest BCUT2D eigenvalue weighted by atomic mass is 9.82. The number of carboxylic acids is 1. The molecule has 2 atom stereocenters. The van der Waals surface area contributed by atoms with Gasteiger partial charge in [0, 0.05) is 16.6 Å². The molecule has 0 aliphatic carbocycles. The minimum Gasteiger partial charge on any atom is -0.481 e. The van der Waals surface area contributed by atoms with Crippen molar-refractivity contribution in [3.63, 3.8) is 0 Å². The molecule has 32 heavy (non-hydrogen) atoms. The molecule has 0 saturated heterocycles. The largest absolute Gasteiger partial charge is 0.481 e. The van der Waals surface area contributed by atoms with E-state index in [1.54, 1.807) is 31.2 Å². The van der Waals surface area contributed by atoms with Crippen molar-refractivity contribution in [3.8, 4) is 11.1 Å². The van der Waals surface area contributed by atoms with Gasteiger partial charge in [-0.2, -0.15) is 0 Å². The Morgan fingerprint density at radius 1 is 1.19 bits per heavy atom. The molecule has 0 aliphatic rings. The van der Waals surface area contributed by atoms with Gasteiger partial charge in [0.2, 0.25) is 0 Å². The number of aliphatic carboxylic acids is 1. The molecule has 0 unspecified atom stereocenters. The molecule has 0 radical (unpaired) electrons. The molecule has 0 saturated carbocycles. The normalized spacial score (nSPS) is 13.7. The van der Waals surface area contributed by atoms with E-state index in [1.807, 2.05) is 0 Å². The average Bonchev–Trinajstić information content (AvgIpc) is 2.75. The maximum Gasteiger partial charge on any atom is 0.396 e. The number of rotatable bonds is 9. The van der Waals surface area contributed by atoms with Crippen molar-refractivity contribution < 1.29 is 33.7 Å². The zero-order valence-corrected chi connectivity index (χ0v) is 18.5. The SMILES string of the molecule is CCOC(=O)C(=O)N[C@H](Cc1ccc(-c2cc(Cl)ccc2F)cc1)C[C@@](C)(CO)C(=O)O. The highest BCUT2D eigenvalue weighted by atomic mass is 35.5. The highest BCUT2D eigenvalue weighted by Gasteiger charge is 2.36. The van der Waals surface area contributed by atoms with E-state index < -0.39 is 41.7 Å². The maximum atomic E-state index is 14.1. The Kier molecular flexibility index (Phi) is 8.74. The topological polar surface area (TPSA) is 113 Å². The van der Waals surface area contributed by atoms with Gasteiger partial charge in [0.1, 0.15) is 5.82 Å². The molecule has 3 N–H and O–H groups in total. The molecule has 2 aromatic carbocycles. The highest BCUT2D eigenvalue weighted by molar-refractivity contribution is 6.32. The van der Waals surface area contributed by atoms with E-state index >= 15 is 0 Å². The number of benzene rings is 2. The van der Waals surface area contributed by atoms with Crippen LogP contribution in [0, 0.1) is 11.2 Å². The zero-order valence-electron chi connectivity index (χ0n) is 17.7. The van der Waals surface area contributed by atoms with E-state index in [2.05, 4.69) is 10.1 Å². The number of ether oxygens (including phenoxy) is 1. The second-order valence-electron chi connectivity index (χ2n) is 7.64. The number of carboxylic acid groups (broad SMARTS) is 1. The van der Waals surface area contributed by atoms with Crippen LogP contribution in [0.4, 0.5) is 4.39 Å². The lowest BCUT2D eigenvalue weighted by Crippen LogP contribution is -2.46. The second kappa shape index (κ2) is 11.1. The van der Waals surface area contributed by atoms with Gasteiger partial charge < -0.3 is 20.3 Å². The number of halogens is 2. The molecule has 0 aromatic heterocycles. The van der Waals surface area contributed by atoms with Crippen molar-refractivity contribution in [1.29, 1.82) is 0 Å². The smallest absolute Gasteiger partial charge is 0.396 e. The molecule has 2 aromatic rings. The van der Waals surface area contributed by atoms with E-state index in [-0.39, 0.29) is 19.4 Å². The quantitative estimate of drug-likeness (QED) is 0.387. The summed E-state index contributed by atoms with van der Waals surface area (Å²) in [6.45, 7) is 2.27. The van der Waals surface area contributed by atoms with Crippen LogP contribution in [0.3, 0.4) is 0 Å². The summed E-state index contributed by atoms with van der Waals surface area (Å²) >= 11 is 5.95. The molecule has 0 spiro atoms. The van der Waals surface area contributed by atoms with Gasteiger partial charge in [-0.25, -0.2) is 9.18 Å². The molecule has 9 heteroatoms. The number of hydrogen-bond donors (Lipinski definition) is 3. The van der Waals surface area contributed by atoms with Crippen molar-refractivity contribution >= 4 is 29.4 Å². The van der Waals surface area contributed by atoms with E-state index in [1.165, 1.54) is 25.1 Å². The third-order valence-corrected chi connectivity index (χ3v) is 5.27. The van der Waals surface area contributed by atoms with Gasteiger partial charge >= 0.3 is 17.8 Å². The fraction of sp³-hybridized carbons (Fsp3) is 0.348. The average molecular weight is 466 g/mol. The van der Waals surface area contributed by atoms with Crippen LogP contribution in [0.2, 0.25) is 5.02 Å². The summed E-state index contributed by atoms with van der Waals surface area (Å²) in [7, 11) is 0. The monoisotopic (exact) mass is 465 g/mol. The first kappa shape index (κ1) is 25.3. The van der Waals surface area contributed by atoms with E-state index in [4.69, 9.17) is 11.6 Å². The molecule has 0 bridgehead atoms. The van der Waals surface area contributed by atoms with Crippen LogP contribution in [0.5, 0.6) is 0 Å². The van der Waals surface area contributed by atoms with Gasteiger partial charge in [-0.15, -0.1) is 0 Å². The second-order valence-corrected chi connectivity index (χ2v) is 8.08. The molecule has 0 aliphatic heterocycles. The number of esters is 1. The highest BCUT2D eigenvalue weighted by Crippen LogP contribution is 2.28. The Morgan fingerprint density at radius 2 is 1.84 bits per heavy atom. The lowest BCUT2D eigenvalue weighted by molar-refractivity contribution is -0.155. The van der Waals surface area contributed by atoms with Crippen molar-refractivity contribution in [1.82, 2.24) is 5.32 Å². The molecule has 0 heterocycles. The molecule has 7 nitrogen and oxygen atoms in total. The summed E-state index contributed by atoms with van der Waals surface area (Å²) in [6, 6.07) is 10.2. The summed E-state index contributed by atoms with van der Waals surface area (Å²) in [4.78, 5) is 35.5.